The van der Waals surface area contributed by atoms with Gasteiger partial charge in [-0.2, -0.15) is 5.10 Å². The van der Waals surface area contributed by atoms with E-state index >= 15 is 0 Å². The molecule has 3 saturated carbocycles. The molecule has 3 aromatic rings. The minimum absolute atomic E-state index is 0.0711. The van der Waals surface area contributed by atoms with Gasteiger partial charge in [0.15, 0.2) is 0 Å². The summed E-state index contributed by atoms with van der Waals surface area (Å²) in [7, 11) is 0. The maximum atomic E-state index is 14.6. The molecule has 174 valence electrons. The largest absolute Gasteiger partial charge is 0.476 e. The summed E-state index contributed by atoms with van der Waals surface area (Å²) in [4.78, 5) is 29.0. The summed E-state index contributed by atoms with van der Waals surface area (Å²) in [5.74, 6) is -0.714. The Morgan fingerprint density at radius 3 is 2.68 bits per heavy atom. The third-order valence-corrected chi connectivity index (χ3v) is 7.18. The van der Waals surface area contributed by atoms with E-state index in [-0.39, 0.29) is 22.4 Å². The second-order valence-corrected chi connectivity index (χ2v) is 9.62. The standard InChI is InChI=1S/C24H22F2N6O2/c1-14-4-17(26)15(5-16(14)25)20-2-3-31-32(20)22(33)24-9-23(10-24,11-24)12-34-21-8-28-19(7-29-21)18-6-27-13-30-18/h3-8,13,20H,2,9-12H2,1H3,(H,27,30). The van der Waals surface area contributed by atoms with Crippen molar-refractivity contribution >= 4 is 12.1 Å². The van der Waals surface area contributed by atoms with E-state index in [4.69, 9.17) is 4.74 Å². The Hall–Kier alpha value is -3.69. The number of amides is 1. The van der Waals surface area contributed by atoms with Gasteiger partial charge in [0.25, 0.3) is 0 Å². The van der Waals surface area contributed by atoms with Crippen molar-refractivity contribution in [3.8, 4) is 17.3 Å². The molecule has 8 nitrogen and oxygen atoms in total. The van der Waals surface area contributed by atoms with Crippen LogP contribution in [0.15, 0.2) is 42.2 Å². The second kappa shape index (κ2) is 7.41. The molecule has 1 aromatic carbocycles. The molecule has 1 aliphatic heterocycles. The molecule has 3 fully saturated rings. The Bertz CT molecular complexity index is 1270. The van der Waals surface area contributed by atoms with E-state index in [0.717, 1.165) is 0 Å². The lowest BCUT2D eigenvalue weighted by molar-refractivity contribution is -0.227. The molecular formula is C24H22F2N6O2. The van der Waals surface area contributed by atoms with Crippen LogP contribution in [0.25, 0.3) is 11.4 Å². The van der Waals surface area contributed by atoms with Crippen molar-refractivity contribution in [1.82, 2.24) is 24.9 Å². The summed E-state index contributed by atoms with van der Waals surface area (Å²) in [6.07, 6.45) is 10.5. The first-order valence-corrected chi connectivity index (χ1v) is 11.1. The number of aryl methyl sites for hydroxylation is 1. The van der Waals surface area contributed by atoms with Gasteiger partial charge >= 0.3 is 0 Å². The van der Waals surface area contributed by atoms with E-state index in [2.05, 4.69) is 25.0 Å². The fraction of sp³-hybridized carbons (Fsp3) is 0.375. The van der Waals surface area contributed by atoms with Crippen molar-refractivity contribution in [3.63, 3.8) is 0 Å². The highest BCUT2D eigenvalue weighted by atomic mass is 19.1. The van der Waals surface area contributed by atoms with Gasteiger partial charge in [0.1, 0.15) is 23.0 Å². The Morgan fingerprint density at radius 2 is 1.97 bits per heavy atom. The van der Waals surface area contributed by atoms with Gasteiger partial charge in [-0.05, 0) is 43.9 Å². The molecule has 0 radical (unpaired) electrons. The Balaban J connectivity index is 1.08. The highest BCUT2D eigenvalue weighted by molar-refractivity contribution is 5.88. The van der Waals surface area contributed by atoms with Crippen molar-refractivity contribution in [3.05, 3.63) is 59.8 Å². The average Bonchev–Trinajstić information content (AvgIpc) is 3.47. The molecule has 4 aliphatic rings. The number of nitrogens with zero attached hydrogens (tertiary/aromatic N) is 5. The van der Waals surface area contributed by atoms with Gasteiger partial charge in [0, 0.05) is 29.8 Å². The number of imidazole rings is 1. The first-order valence-electron chi connectivity index (χ1n) is 11.1. The number of benzene rings is 1. The molecule has 0 spiro atoms. The number of carbonyl (C=O) groups is 1. The lowest BCUT2D eigenvalue weighted by Gasteiger charge is -2.69. The number of halogens is 2. The van der Waals surface area contributed by atoms with Gasteiger partial charge in [-0.25, -0.2) is 28.7 Å². The minimum Gasteiger partial charge on any atom is -0.476 e. The van der Waals surface area contributed by atoms with E-state index < -0.39 is 23.1 Å². The molecule has 2 aromatic heterocycles. The predicted molar refractivity (Wildman–Crippen MR) is 118 cm³/mol. The van der Waals surface area contributed by atoms with E-state index in [0.29, 0.717) is 49.6 Å². The zero-order valence-corrected chi connectivity index (χ0v) is 18.5. The monoisotopic (exact) mass is 464 g/mol. The maximum Gasteiger partial charge on any atom is 0.249 e. The van der Waals surface area contributed by atoms with Crippen LogP contribution in [0.3, 0.4) is 0 Å². The highest BCUT2D eigenvalue weighted by Gasteiger charge is 2.73. The van der Waals surface area contributed by atoms with Gasteiger partial charge in [-0.3, -0.25) is 4.79 Å². The Labute approximate surface area is 194 Å². The zero-order valence-electron chi connectivity index (χ0n) is 18.5. The van der Waals surface area contributed by atoms with Crippen LogP contribution in [-0.2, 0) is 4.79 Å². The SMILES string of the molecule is Cc1cc(F)c(C2CC=NN2C(=O)C23CC(COc4cnc(-c5c[nH]cn5)cn4)(C2)C3)cc1F. The van der Waals surface area contributed by atoms with Gasteiger partial charge in [0.2, 0.25) is 11.8 Å². The molecule has 0 saturated heterocycles. The lowest BCUT2D eigenvalue weighted by atomic mass is 9.35. The smallest absolute Gasteiger partial charge is 0.249 e. The van der Waals surface area contributed by atoms with Crippen LogP contribution in [0.5, 0.6) is 5.88 Å². The molecule has 1 atom stereocenters. The molecule has 3 heterocycles. The third kappa shape index (κ3) is 3.19. The fourth-order valence-electron chi connectivity index (χ4n) is 5.56. The number of carbonyl (C=O) groups excluding carboxylic acids is 1. The van der Waals surface area contributed by atoms with E-state index in [1.807, 2.05) is 0 Å². The molecule has 1 amide bonds. The van der Waals surface area contributed by atoms with Crippen LogP contribution in [0.1, 0.15) is 42.9 Å². The topological polar surface area (TPSA) is 96.4 Å². The van der Waals surface area contributed by atoms with Crippen LogP contribution < -0.4 is 4.74 Å². The number of hydrogen-bond acceptors (Lipinski definition) is 6. The molecule has 7 rings (SSSR count). The van der Waals surface area contributed by atoms with Crippen molar-refractivity contribution < 1.29 is 18.3 Å². The van der Waals surface area contributed by atoms with Crippen LogP contribution >= 0.6 is 0 Å². The molecule has 1 N–H and O–H groups in total. The van der Waals surface area contributed by atoms with Crippen LogP contribution in [0.2, 0.25) is 0 Å². The maximum absolute atomic E-state index is 14.6. The molecule has 1 unspecified atom stereocenters. The Morgan fingerprint density at radius 1 is 1.15 bits per heavy atom. The number of aromatic nitrogens is 4. The van der Waals surface area contributed by atoms with Crippen LogP contribution in [0.4, 0.5) is 8.78 Å². The summed E-state index contributed by atoms with van der Waals surface area (Å²) in [6.45, 7) is 1.96. The minimum atomic E-state index is -0.618. The predicted octanol–water partition coefficient (Wildman–Crippen LogP) is 3.96. The van der Waals surface area contributed by atoms with Crippen molar-refractivity contribution in [2.45, 2.75) is 38.6 Å². The average molecular weight is 464 g/mol. The molecule has 2 bridgehead atoms. The molecule has 3 aliphatic carbocycles. The van der Waals surface area contributed by atoms with Gasteiger partial charge in [-0.1, -0.05) is 0 Å². The first-order chi connectivity index (χ1) is 16.4. The summed E-state index contributed by atoms with van der Waals surface area (Å²) < 4.78 is 34.5. The number of hydrogen-bond donors (Lipinski definition) is 1. The summed E-state index contributed by atoms with van der Waals surface area (Å²) in [6, 6.07) is 1.73. The van der Waals surface area contributed by atoms with E-state index in [1.54, 1.807) is 31.1 Å². The highest BCUT2D eigenvalue weighted by Crippen LogP contribution is 2.74. The van der Waals surface area contributed by atoms with Gasteiger partial charge < -0.3 is 9.72 Å². The zero-order chi connectivity index (χ0) is 23.5. The Kier molecular flexibility index (Phi) is 4.55. The van der Waals surface area contributed by atoms with E-state index in [1.165, 1.54) is 24.1 Å². The summed E-state index contributed by atoms with van der Waals surface area (Å²) in [5.41, 5.74) is 1.18. The van der Waals surface area contributed by atoms with Crippen molar-refractivity contribution in [2.24, 2.45) is 15.9 Å². The van der Waals surface area contributed by atoms with Gasteiger partial charge in [0.05, 0.1) is 36.8 Å². The summed E-state index contributed by atoms with van der Waals surface area (Å²) >= 11 is 0. The van der Waals surface area contributed by atoms with Gasteiger partial charge in [-0.15, -0.1) is 0 Å². The van der Waals surface area contributed by atoms with Crippen LogP contribution in [0, 0.1) is 29.4 Å². The van der Waals surface area contributed by atoms with Crippen molar-refractivity contribution in [1.29, 1.82) is 0 Å². The number of rotatable bonds is 6. The number of hydrazone groups is 1. The van der Waals surface area contributed by atoms with E-state index in [9.17, 15) is 13.6 Å². The normalized spacial score (nSPS) is 26.8. The number of ether oxygens (including phenoxy) is 1. The number of nitrogens with one attached hydrogen (secondary N) is 1. The fourth-order valence-corrected chi connectivity index (χ4v) is 5.56. The number of H-pyrrole nitrogens is 1. The molecule has 10 heteroatoms. The van der Waals surface area contributed by atoms with Crippen molar-refractivity contribution in [2.75, 3.05) is 6.61 Å². The first kappa shape index (κ1) is 20.9. The lowest BCUT2D eigenvalue weighted by Crippen LogP contribution is -2.69. The second-order valence-electron chi connectivity index (χ2n) is 9.62. The summed E-state index contributed by atoms with van der Waals surface area (Å²) in [5, 5.41) is 5.56. The molecule has 34 heavy (non-hydrogen) atoms. The number of aromatic amines is 1. The quantitative estimate of drug-likeness (QED) is 0.596. The molecular weight excluding hydrogens is 442 g/mol. The van der Waals surface area contributed by atoms with Crippen LogP contribution in [-0.4, -0.2) is 43.7 Å². The third-order valence-electron chi connectivity index (χ3n) is 7.18.